The SMILES string of the molecule is CC(C)c1nn(C)c(N2CCCC(C)(O)CC2)c1[N+](=O)[O-]. The van der Waals surface area contributed by atoms with Gasteiger partial charge in [-0.15, -0.1) is 0 Å². The first-order valence-electron chi connectivity index (χ1n) is 7.41. The summed E-state index contributed by atoms with van der Waals surface area (Å²) in [5.74, 6) is 0.557. The Morgan fingerprint density at radius 1 is 1.38 bits per heavy atom. The fraction of sp³-hybridized carbons (Fsp3) is 0.786. The van der Waals surface area contributed by atoms with Crippen LogP contribution in [0.3, 0.4) is 0 Å². The van der Waals surface area contributed by atoms with E-state index in [0.29, 0.717) is 37.4 Å². The van der Waals surface area contributed by atoms with Crippen LogP contribution in [0.4, 0.5) is 11.5 Å². The third kappa shape index (κ3) is 3.18. The fourth-order valence-corrected chi connectivity index (χ4v) is 2.92. The first kappa shape index (κ1) is 15.8. The molecule has 1 aromatic heterocycles. The van der Waals surface area contributed by atoms with Gasteiger partial charge in [0.25, 0.3) is 0 Å². The van der Waals surface area contributed by atoms with Gasteiger partial charge < -0.3 is 10.0 Å². The van der Waals surface area contributed by atoms with Crippen LogP contribution in [0, 0.1) is 10.1 Å². The maximum atomic E-state index is 11.5. The van der Waals surface area contributed by atoms with E-state index in [4.69, 9.17) is 0 Å². The summed E-state index contributed by atoms with van der Waals surface area (Å²) < 4.78 is 1.60. The second kappa shape index (κ2) is 5.63. The van der Waals surface area contributed by atoms with Crippen molar-refractivity contribution in [1.82, 2.24) is 9.78 Å². The summed E-state index contributed by atoms with van der Waals surface area (Å²) in [4.78, 5) is 13.1. The van der Waals surface area contributed by atoms with Gasteiger partial charge in [-0.1, -0.05) is 13.8 Å². The van der Waals surface area contributed by atoms with Crippen molar-refractivity contribution in [3.63, 3.8) is 0 Å². The van der Waals surface area contributed by atoms with Crippen molar-refractivity contribution in [2.24, 2.45) is 7.05 Å². The van der Waals surface area contributed by atoms with E-state index in [-0.39, 0.29) is 16.5 Å². The molecule has 2 heterocycles. The number of rotatable bonds is 3. The van der Waals surface area contributed by atoms with Crippen molar-refractivity contribution in [2.75, 3.05) is 18.0 Å². The van der Waals surface area contributed by atoms with Gasteiger partial charge in [-0.05, 0) is 26.2 Å². The first-order valence-corrected chi connectivity index (χ1v) is 7.41. The molecule has 0 aromatic carbocycles. The molecule has 1 N–H and O–H groups in total. The van der Waals surface area contributed by atoms with Crippen molar-refractivity contribution in [2.45, 2.75) is 51.6 Å². The second-order valence-electron chi connectivity index (χ2n) is 6.43. The van der Waals surface area contributed by atoms with Crippen LogP contribution in [0.25, 0.3) is 0 Å². The molecule has 0 radical (unpaired) electrons. The van der Waals surface area contributed by atoms with Crippen LogP contribution < -0.4 is 4.90 Å². The molecular formula is C14H24N4O3. The van der Waals surface area contributed by atoms with E-state index in [2.05, 4.69) is 5.10 Å². The van der Waals surface area contributed by atoms with Gasteiger partial charge in [0.05, 0.1) is 10.5 Å². The molecule has 1 aliphatic heterocycles. The number of aliphatic hydroxyl groups is 1. The average Bonchev–Trinajstić information content (AvgIpc) is 2.61. The van der Waals surface area contributed by atoms with Gasteiger partial charge in [0.1, 0.15) is 5.69 Å². The summed E-state index contributed by atoms with van der Waals surface area (Å²) >= 11 is 0. The van der Waals surface area contributed by atoms with E-state index in [1.807, 2.05) is 25.7 Å². The van der Waals surface area contributed by atoms with Gasteiger partial charge in [-0.2, -0.15) is 5.10 Å². The van der Waals surface area contributed by atoms with Crippen LogP contribution in [-0.4, -0.2) is 38.5 Å². The summed E-state index contributed by atoms with van der Waals surface area (Å²) in [5.41, 5.74) is -0.0641. The summed E-state index contributed by atoms with van der Waals surface area (Å²) in [6, 6.07) is 0. The highest BCUT2D eigenvalue weighted by atomic mass is 16.6. The molecule has 118 valence electrons. The largest absolute Gasteiger partial charge is 0.390 e. The molecular weight excluding hydrogens is 272 g/mol. The van der Waals surface area contributed by atoms with E-state index in [1.165, 1.54) is 0 Å². The lowest BCUT2D eigenvalue weighted by Crippen LogP contribution is -2.29. The lowest BCUT2D eigenvalue weighted by atomic mass is 9.98. The quantitative estimate of drug-likeness (QED) is 0.682. The average molecular weight is 296 g/mol. The monoisotopic (exact) mass is 296 g/mol. The first-order chi connectivity index (χ1) is 9.73. The van der Waals surface area contributed by atoms with Crippen LogP contribution in [0.5, 0.6) is 0 Å². The molecule has 0 saturated carbocycles. The standard InChI is InChI=1S/C14H24N4O3/c1-10(2)11-12(18(20)21)13(16(4)15-11)17-8-5-6-14(3,19)7-9-17/h10,19H,5-9H2,1-4H3. The Morgan fingerprint density at radius 3 is 2.62 bits per heavy atom. The minimum atomic E-state index is -0.691. The van der Waals surface area contributed by atoms with Crippen molar-refractivity contribution >= 4 is 11.5 Å². The van der Waals surface area contributed by atoms with Crippen LogP contribution in [0.2, 0.25) is 0 Å². The predicted molar refractivity (Wildman–Crippen MR) is 80.6 cm³/mol. The Labute approximate surface area is 124 Å². The molecule has 7 nitrogen and oxygen atoms in total. The zero-order valence-electron chi connectivity index (χ0n) is 13.2. The van der Waals surface area contributed by atoms with E-state index >= 15 is 0 Å². The Balaban J connectivity index is 2.41. The van der Waals surface area contributed by atoms with Crippen LogP contribution in [0.15, 0.2) is 0 Å². The summed E-state index contributed by atoms with van der Waals surface area (Å²) in [7, 11) is 1.75. The van der Waals surface area contributed by atoms with Crippen LogP contribution in [0.1, 0.15) is 51.6 Å². The molecule has 0 spiro atoms. The maximum absolute atomic E-state index is 11.5. The van der Waals surface area contributed by atoms with E-state index in [9.17, 15) is 15.2 Å². The molecule has 0 amide bonds. The molecule has 2 rings (SSSR count). The zero-order valence-corrected chi connectivity index (χ0v) is 13.2. The molecule has 21 heavy (non-hydrogen) atoms. The number of anilines is 1. The van der Waals surface area contributed by atoms with Gasteiger partial charge in [0, 0.05) is 26.1 Å². The van der Waals surface area contributed by atoms with Gasteiger partial charge in [0.15, 0.2) is 0 Å². The summed E-state index contributed by atoms with van der Waals surface area (Å²) in [5, 5.41) is 26.0. The van der Waals surface area contributed by atoms with E-state index in [1.54, 1.807) is 11.7 Å². The van der Waals surface area contributed by atoms with Crippen molar-refractivity contribution in [3.8, 4) is 0 Å². The Hall–Kier alpha value is -1.63. The third-order valence-corrected chi connectivity index (χ3v) is 4.11. The predicted octanol–water partition coefficient (Wildman–Crippen LogP) is 2.19. The van der Waals surface area contributed by atoms with Crippen molar-refractivity contribution < 1.29 is 10.0 Å². The molecule has 1 aliphatic rings. The highest BCUT2D eigenvalue weighted by Gasteiger charge is 2.34. The van der Waals surface area contributed by atoms with Crippen molar-refractivity contribution in [3.05, 3.63) is 15.8 Å². The van der Waals surface area contributed by atoms with Crippen molar-refractivity contribution in [1.29, 1.82) is 0 Å². The zero-order chi connectivity index (χ0) is 15.8. The van der Waals surface area contributed by atoms with Gasteiger partial charge in [0.2, 0.25) is 5.82 Å². The molecule has 1 saturated heterocycles. The highest BCUT2D eigenvalue weighted by Crippen LogP contribution is 2.37. The Bertz CT molecular complexity index is 537. The topological polar surface area (TPSA) is 84.4 Å². The molecule has 0 aliphatic carbocycles. The fourth-order valence-electron chi connectivity index (χ4n) is 2.92. The van der Waals surface area contributed by atoms with E-state index in [0.717, 1.165) is 6.42 Å². The number of aromatic nitrogens is 2. The Kier molecular flexibility index (Phi) is 4.22. The number of nitro groups is 1. The van der Waals surface area contributed by atoms with Gasteiger partial charge in [-0.3, -0.25) is 10.1 Å². The summed E-state index contributed by atoms with van der Waals surface area (Å²) in [6.45, 7) is 6.95. The minimum absolute atomic E-state index is 0.000403. The maximum Gasteiger partial charge on any atom is 0.334 e. The van der Waals surface area contributed by atoms with E-state index < -0.39 is 5.60 Å². The Morgan fingerprint density at radius 2 is 2.05 bits per heavy atom. The summed E-state index contributed by atoms with van der Waals surface area (Å²) in [6.07, 6.45) is 2.13. The van der Waals surface area contributed by atoms with Crippen LogP contribution in [-0.2, 0) is 7.05 Å². The minimum Gasteiger partial charge on any atom is -0.390 e. The third-order valence-electron chi connectivity index (χ3n) is 4.11. The second-order valence-corrected chi connectivity index (χ2v) is 6.43. The van der Waals surface area contributed by atoms with Crippen LogP contribution >= 0.6 is 0 Å². The molecule has 7 heteroatoms. The normalized spacial score (nSPS) is 23.4. The lowest BCUT2D eigenvalue weighted by Gasteiger charge is -2.23. The smallest absolute Gasteiger partial charge is 0.334 e. The molecule has 1 atom stereocenters. The molecule has 1 fully saturated rings. The van der Waals surface area contributed by atoms with Gasteiger partial charge in [-0.25, -0.2) is 4.68 Å². The highest BCUT2D eigenvalue weighted by molar-refractivity contribution is 5.62. The molecule has 0 bridgehead atoms. The number of hydrogen-bond acceptors (Lipinski definition) is 5. The molecule has 1 aromatic rings. The number of aryl methyl sites for hydroxylation is 1. The van der Waals surface area contributed by atoms with Gasteiger partial charge >= 0.3 is 5.69 Å². The number of hydrogen-bond donors (Lipinski definition) is 1. The number of nitrogens with zero attached hydrogens (tertiary/aromatic N) is 4. The molecule has 1 unspecified atom stereocenters. The lowest BCUT2D eigenvalue weighted by molar-refractivity contribution is -0.385.